The number of halogens is 3. The molecule has 0 aliphatic heterocycles. The van der Waals surface area contributed by atoms with Gasteiger partial charge in [-0.05, 0) is 31.5 Å². The van der Waals surface area contributed by atoms with E-state index >= 15 is 0 Å². The highest BCUT2D eigenvalue weighted by Gasteiger charge is 2.15. The van der Waals surface area contributed by atoms with Crippen molar-refractivity contribution in [3.63, 3.8) is 0 Å². The zero-order valence-electron chi connectivity index (χ0n) is 13.5. The second-order valence-electron chi connectivity index (χ2n) is 5.65. The Hall–Kier alpha value is -1.28. The summed E-state index contributed by atoms with van der Waals surface area (Å²) in [6, 6.07) is 4.45. The van der Waals surface area contributed by atoms with Crippen molar-refractivity contribution in [2.75, 3.05) is 17.3 Å². The van der Waals surface area contributed by atoms with E-state index in [-0.39, 0.29) is 21.8 Å². The minimum Gasteiger partial charge on any atom is -0.380 e. The molecular formula is C15H16Cl3N3O3S. The predicted octanol–water partition coefficient (Wildman–Crippen LogP) is 3.43. The third-order valence-electron chi connectivity index (χ3n) is 3.38. The molecule has 0 bridgehead atoms. The molecular weight excluding hydrogens is 409 g/mol. The highest BCUT2D eigenvalue weighted by atomic mass is 35.5. The fourth-order valence-corrected chi connectivity index (χ4v) is 3.54. The Kier molecular flexibility index (Phi) is 6.37. The molecule has 1 aromatic heterocycles. The SMILES string of the molecule is CC(CCS(C)(=O)=O)Nc1cnn(-c2ccc(Cl)cc2Cl)c(=O)c1Cl. The Morgan fingerprint density at radius 3 is 2.56 bits per heavy atom. The van der Waals surface area contributed by atoms with E-state index in [9.17, 15) is 13.2 Å². The smallest absolute Gasteiger partial charge is 0.292 e. The highest BCUT2D eigenvalue weighted by Crippen LogP contribution is 2.24. The molecule has 0 saturated heterocycles. The van der Waals surface area contributed by atoms with Gasteiger partial charge in [0.2, 0.25) is 0 Å². The summed E-state index contributed by atoms with van der Waals surface area (Å²) in [7, 11) is -3.06. The van der Waals surface area contributed by atoms with Crippen molar-refractivity contribution in [1.29, 1.82) is 0 Å². The third-order valence-corrected chi connectivity index (χ3v) is 5.26. The van der Waals surface area contributed by atoms with Gasteiger partial charge < -0.3 is 5.32 Å². The number of nitrogens with zero attached hydrogens (tertiary/aromatic N) is 2. The number of benzene rings is 1. The van der Waals surface area contributed by atoms with Crippen LogP contribution < -0.4 is 10.9 Å². The molecule has 0 amide bonds. The molecule has 1 aromatic carbocycles. The van der Waals surface area contributed by atoms with Gasteiger partial charge in [0.15, 0.2) is 0 Å². The molecule has 0 aliphatic rings. The van der Waals surface area contributed by atoms with Gasteiger partial charge in [-0.2, -0.15) is 9.78 Å². The largest absolute Gasteiger partial charge is 0.380 e. The van der Waals surface area contributed by atoms with Crippen molar-refractivity contribution in [2.24, 2.45) is 0 Å². The van der Waals surface area contributed by atoms with Gasteiger partial charge in [-0.1, -0.05) is 34.8 Å². The summed E-state index contributed by atoms with van der Waals surface area (Å²) >= 11 is 18.1. The predicted molar refractivity (Wildman–Crippen MR) is 102 cm³/mol. The quantitative estimate of drug-likeness (QED) is 0.768. The number of nitrogens with one attached hydrogen (secondary N) is 1. The monoisotopic (exact) mass is 423 g/mol. The van der Waals surface area contributed by atoms with Gasteiger partial charge in [-0.15, -0.1) is 0 Å². The van der Waals surface area contributed by atoms with Crippen LogP contribution in [0.15, 0.2) is 29.2 Å². The van der Waals surface area contributed by atoms with Crippen LogP contribution in [0.1, 0.15) is 13.3 Å². The van der Waals surface area contributed by atoms with E-state index in [2.05, 4.69) is 10.4 Å². The number of anilines is 1. The zero-order valence-corrected chi connectivity index (χ0v) is 16.5. The minimum atomic E-state index is -3.06. The minimum absolute atomic E-state index is 0.0314. The van der Waals surface area contributed by atoms with Gasteiger partial charge in [0.25, 0.3) is 5.56 Å². The molecule has 1 N–H and O–H groups in total. The summed E-state index contributed by atoms with van der Waals surface area (Å²) in [6.45, 7) is 1.79. The van der Waals surface area contributed by atoms with E-state index in [1.54, 1.807) is 19.1 Å². The number of hydrogen-bond donors (Lipinski definition) is 1. The maximum absolute atomic E-state index is 12.5. The summed E-state index contributed by atoms with van der Waals surface area (Å²) in [5.41, 5.74) is 0.134. The molecule has 136 valence electrons. The summed E-state index contributed by atoms with van der Waals surface area (Å²) in [6.07, 6.45) is 2.94. The second kappa shape index (κ2) is 7.95. The molecule has 0 saturated carbocycles. The first kappa shape index (κ1) is 20.0. The van der Waals surface area contributed by atoms with Crippen LogP contribution in [0.2, 0.25) is 15.1 Å². The molecule has 1 atom stereocenters. The van der Waals surface area contributed by atoms with Crippen LogP contribution in [0.3, 0.4) is 0 Å². The van der Waals surface area contributed by atoms with Crippen molar-refractivity contribution in [3.05, 3.63) is 49.8 Å². The fourth-order valence-electron chi connectivity index (χ4n) is 2.09. The molecule has 0 fully saturated rings. The maximum atomic E-state index is 12.5. The van der Waals surface area contributed by atoms with E-state index in [0.717, 1.165) is 4.68 Å². The van der Waals surface area contributed by atoms with Crippen LogP contribution in [0.25, 0.3) is 5.69 Å². The van der Waals surface area contributed by atoms with Crippen LogP contribution in [0.5, 0.6) is 0 Å². The van der Waals surface area contributed by atoms with E-state index < -0.39 is 15.4 Å². The van der Waals surface area contributed by atoms with Gasteiger partial charge in [0.1, 0.15) is 14.9 Å². The first-order chi connectivity index (χ1) is 11.6. The lowest BCUT2D eigenvalue weighted by atomic mass is 10.2. The van der Waals surface area contributed by atoms with Gasteiger partial charge in [-0.25, -0.2) is 8.42 Å². The lowest BCUT2D eigenvalue weighted by Gasteiger charge is -2.16. The molecule has 0 spiro atoms. The van der Waals surface area contributed by atoms with Crippen LogP contribution >= 0.6 is 34.8 Å². The Morgan fingerprint density at radius 2 is 1.96 bits per heavy atom. The van der Waals surface area contributed by atoms with Crippen molar-refractivity contribution in [2.45, 2.75) is 19.4 Å². The first-order valence-electron chi connectivity index (χ1n) is 7.26. The number of hydrogen-bond acceptors (Lipinski definition) is 5. The first-order valence-corrected chi connectivity index (χ1v) is 10.5. The molecule has 25 heavy (non-hydrogen) atoms. The van der Waals surface area contributed by atoms with E-state index in [1.807, 2.05) is 0 Å². The molecule has 2 aromatic rings. The fraction of sp³-hybridized carbons (Fsp3) is 0.333. The van der Waals surface area contributed by atoms with Crippen molar-refractivity contribution < 1.29 is 8.42 Å². The van der Waals surface area contributed by atoms with Crippen molar-refractivity contribution in [3.8, 4) is 5.69 Å². The topological polar surface area (TPSA) is 81.1 Å². The van der Waals surface area contributed by atoms with E-state index in [4.69, 9.17) is 34.8 Å². The maximum Gasteiger partial charge on any atom is 0.292 e. The molecule has 0 aliphatic carbocycles. The summed E-state index contributed by atoms with van der Waals surface area (Å²) in [5.74, 6) is 0.0314. The number of rotatable bonds is 6. The Labute approximate surface area is 160 Å². The van der Waals surface area contributed by atoms with Crippen LogP contribution in [0.4, 0.5) is 5.69 Å². The molecule has 6 nitrogen and oxygen atoms in total. The Bertz CT molecular complexity index is 945. The second-order valence-corrected chi connectivity index (χ2v) is 9.13. The van der Waals surface area contributed by atoms with Gasteiger partial charge in [0.05, 0.1) is 28.3 Å². The van der Waals surface area contributed by atoms with Crippen LogP contribution in [-0.4, -0.2) is 36.2 Å². The molecule has 2 rings (SSSR count). The number of aromatic nitrogens is 2. The number of sulfone groups is 1. The molecule has 1 unspecified atom stereocenters. The van der Waals surface area contributed by atoms with Gasteiger partial charge in [0, 0.05) is 17.3 Å². The average Bonchev–Trinajstić information content (AvgIpc) is 2.50. The lowest BCUT2D eigenvalue weighted by Crippen LogP contribution is -2.25. The van der Waals surface area contributed by atoms with E-state index in [1.165, 1.54) is 18.5 Å². The summed E-state index contributed by atoms with van der Waals surface area (Å²) < 4.78 is 23.5. The average molecular weight is 425 g/mol. The normalized spacial score (nSPS) is 12.8. The van der Waals surface area contributed by atoms with Gasteiger partial charge in [-0.3, -0.25) is 4.79 Å². The lowest BCUT2D eigenvalue weighted by molar-refractivity contribution is 0.595. The highest BCUT2D eigenvalue weighted by molar-refractivity contribution is 7.90. The molecule has 1 heterocycles. The van der Waals surface area contributed by atoms with Crippen LogP contribution in [-0.2, 0) is 9.84 Å². The Morgan fingerprint density at radius 1 is 1.28 bits per heavy atom. The Balaban J connectivity index is 2.27. The van der Waals surface area contributed by atoms with Crippen molar-refractivity contribution in [1.82, 2.24) is 9.78 Å². The zero-order chi connectivity index (χ0) is 18.8. The van der Waals surface area contributed by atoms with Crippen molar-refractivity contribution >= 4 is 50.3 Å². The molecule has 10 heteroatoms. The standard InChI is InChI=1S/C15H16Cl3N3O3S/c1-9(5-6-25(2,23)24)20-12-8-19-21(15(22)14(12)18)13-4-3-10(16)7-11(13)17/h3-4,7-9,20H,5-6H2,1-2H3. The van der Waals surface area contributed by atoms with Gasteiger partial charge >= 0.3 is 0 Å². The van der Waals surface area contributed by atoms with E-state index in [0.29, 0.717) is 22.8 Å². The summed E-state index contributed by atoms with van der Waals surface area (Å²) in [5, 5.41) is 7.71. The third kappa shape index (κ3) is 5.34. The van der Waals surface area contributed by atoms with Crippen LogP contribution in [0, 0.1) is 0 Å². The molecule has 0 radical (unpaired) electrons. The summed E-state index contributed by atoms with van der Waals surface area (Å²) in [4.78, 5) is 12.5.